The molecule has 1 heterocycles. The van der Waals surface area contributed by atoms with Crippen LogP contribution >= 0.6 is 11.5 Å². The van der Waals surface area contributed by atoms with Crippen molar-refractivity contribution < 1.29 is 17.9 Å². The summed E-state index contributed by atoms with van der Waals surface area (Å²) in [6.45, 7) is 0. The van der Waals surface area contributed by atoms with Crippen LogP contribution < -0.4 is 10.5 Å². The summed E-state index contributed by atoms with van der Waals surface area (Å²) in [4.78, 5) is 11.4. The molecule has 0 aliphatic carbocycles. The monoisotopic (exact) mass is 314 g/mol. The van der Waals surface area contributed by atoms with Gasteiger partial charge in [0.05, 0.1) is 18.9 Å². The van der Waals surface area contributed by atoms with Gasteiger partial charge in [-0.25, -0.2) is 13.2 Å². The maximum atomic E-state index is 12.2. The molecule has 0 unspecified atom stereocenters. The Balaban J connectivity index is 2.48. The van der Waals surface area contributed by atoms with E-state index >= 15 is 0 Å². The first-order valence-electron chi connectivity index (χ1n) is 5.22. The van der Waals surface area contributed by atoms with E-state index in [0.717, 1.165) is 18.6 Å². The number of methoxy groups -OCH3 is 1. The summed E-state index contributed by atoms with van der Waals surface area (Å²) in [7, 11) is -2.81. The number of aromatic nitrogens is 2. The van der Waals surface area contributed by atoms with Crippen LogP contribution in [-0.4, -0.2) is 31.1 Å². The van der Waals surface area contributed by atoms with E-state index in [1.165, 1.54) is 24.4 Å². The number of hydrogen-bond donors (Lipinski definition) is 2. The van der Waals surface area contributed by atoms with Crippen LogP contribution in [0.1, 0.15) is 10.4 Å². The standard InChI is InChI=1S/C10H10N4O4S2/c1-18-10(15)7-4-6(11)2-3-8(7)20(16,17)13-9-5-12-14-19-9/h2-5,13H,11H2,1H3. The second-order valence-corrected chi connectivity index (χ2v) is 6.07. The summed E-state index contributed by atoms with van der Waals surface area (Å²) in [6.07, 6.45) is 1.26. The van der Waals surface area contributed by atoms with Gasteiger partial charge in [0, 0.05) is 17.2 Å². The number of carbonyl (C=O) groups is 1. The smallest absolute Gasteiger partial charge is 0.339 e. The average Bonchev–Trinajstić information content (AvgIpc) is 2.89. The largest absolute Gasteiger partial charge is 0.465 e. The van der Waals surface area contributed by atoms with Gasteiger partial charge in [-0.15, -0.1) is 5.10 Å². The zero-order valence-electron chi connectivity index (χ0n) is 10.2. The highest BCUT2D eigenvalue weighted by Gasteiger charge is 2.24. The van der Waals surface area contributed by atoms with E-state index in [4.69, 9.17) is 5.73 Å². The minimum Gasteiger partial charge on any atom is -0.465 e. The summed E-state index contributed by atoms with van der Waals surface area (Å²) in [5.41, 5.74) is 5.67. The Bertz CT molecular complexity index is 728. The summed E-state index contributed by atoms with van der Waals surface area (Å²) < 4.78 is 34.9. The van der Waals surface area contributed by atoms with Gasteiger partial charge >= 0.3 is 5.97 Å². The van der Waals surface area contributed by atoms with Crippen LogP contribution in [0.3, 0.4) is 0 Å². The fourth-order valence-electron chi connectivity index (χ4n) is 1.45. The number of nitrogens with zero attached hydrogens (tertiary/aromatic N) is 2. The molecule has 1 aromatic carbocycles. The first kappa shape index (κ1) is 14.2. The number of carbonyl (C=O) groups excluding carboxylic acids is 1. The number of anilines is 2. The molecular formula is C10H10N4O4S2. The molecule has 8 nitrogen and oxygen atoms in total. The lowest BCUT2D eigenvalue weighted by Gasteiger charge is -2.10. The highest BCUT2D eigenvalue weighted by molar-refractivity contribution is 7.93. The molecule has 0 aliphatic heterocycles. The minimum absolute atomic E-state index is 0.141. The normalized spacial score (nSPS) is 11.1. The van der Waals surface area contributed by atoms with Crippen LogP contribution in [0.4, 0.5) is 10.7 Å². The fourth-order valence-corrected chi connectivity index (χ4v) is 3.31. The molecule has 0 amide bonds. The van der Waals surface area contributed by atoms with Crippen LogP contribution in [0.5, 0.6) is 0 Å². The van der Waals surface area contributed by atoms with Crippen molar-refractivity contribution in [3.8, 4) is 0 Å². The topological polar surface area (TPSA) is 124 Å². The second-order valence-electron chi connectivity index (χ2n) is 3.63. The van der Waals surface area contributed by atoms with Gasteiger partial charge in [-0.1, -0.05) is 4.49 Å². The highest BCUT2D eigenvalue weighted by atomic mass is 32.2. The van der Waals surface area contributed by atoms with Crippen molar-refractivity contribution in [3.05, 3.63) is 30.0 Å². The van der Waals surface area contributed by atoms with Gasteiger partial charge in [-0.05, 0) is 18.2 Å². The molecule has 0 saturated carbocycles. The van der Waals surface area contributed by atoms with Gasteiger partial charge in [0.1, 0.15) is 9.90 Å². The molecule has 0 bridgehead atoms. The van der Waals surface area contributed by atoms with Crippen molar-refractivity contribution in [1.29, 1.82) is 0 Å². The van der Waals surface area contributed by atoms with Crippen molar-refractivity contribution >= 4 is 38.2 Å². The Kier molecular flexibility index (Phi) is 3.86. The van der Waals surface area contributed by atoms with Crippen molar-refractivity contribution in [2.75, 3.05) is 17.6 Å². The third-order valence-electron chi connectivity index (χ3n) is 2.29. The van der Waals surface area contributed by atoms with Crippen molar-refractivity contribution in [2.24, 2.45) is 0 Å². The third-order valence-corrected chi connectivity index (χ3v) is 4.43. The summed E-state index contributed by atoms with van der Waals surface area (Å²) in [5, 5.41) is 3.75. The maximum absolute atomic E-state index is 12.2. The lowest BCUT2D eigenvalue weighted by Crippen LogP contribution is -2.17. The zero-order valence-corrected chi connectivity index (χ0v) is 11.9. The van der Waals surface area contributed by atoms with Crippen LogP contribution in [-0.2, 0) is 14.8 Å². The highest BCUT2D eigenvalue weighted by Crippen LogP contribution is 2.23. The Morgan fingerprint density at radius 1 is 1.45 bits per heavy atom. The number of rotatable bonds is 4. The second kappa shape index (κ2) is 5.43. The number of esters is 1. The maximum Gasteiger partial charge on any atom is 0.339 e. The fraction of sp³-hybridized carbons (Fsp3) is 0.100. The SMILES string of the molecule is COC(=O)c1cc(N)ccc1S(=O)(=O)Nc1cnns1. The lowest BCUT2D eigenvalue weighted by atomic mass is 10.2. The van der Waals surface area contributed by atoms with E-state index in [1.54, 1.807) is 0 Å². The molecular weight excluding hydrogens is 304 g/mol. The molecule has 106 valence electrons. The number of nitrogens with one attached hydrogen (secondary N) is 1. The van der Waals surface area contributed by atoms with Gasteiger partial charge in [0.2, 0.25) is 0 Å². The predicted octanol–water partition coefficient (Wildman–Crippen LogP) is 0.708. The van der Waals surface area contributed by atoms with Gasteiger partial charge in [0.15, 0.2) is 0 Å². The van der Waals surface area contributed by atoms with E-state index in [2.05, 4.69) is 19.0 Å². The number of benzene rings is 1. The Morgan fingerprint density at radius 2 is 2.20 bits per heavy atom. The molecule has 3 N–H and O–H groups in total. The average molecular weight is 314 g/mol. The van der Waals surface area contributed by atoms with E-state index in [9.17, 15) is 13.2 Å². The number of sulfonamides is 1. The van der Waals surface area contributed by atoms with Gasteiger partial charge < -0.3 is 10.5 Å². The number of ether oxygens (including phenoxy) is 1. The zero-order chi connectivity index (χ0) is 14.8. The van der Waals surface area contributed by atoms with E-state index in [1.807, 2.05) is 0 Å². The van der Waals surface area contributed by atoms with Crippen LogP contribution in [0, 0.1) is 0 Å². The number of hydrogen-bond acceptors (Lipinski definition) is 8. The van der Waals surface area contributed by atoms with Crippen LogP contribution in [0.15, 0.2) is 29.3 Å². The molecule has 0 fully saturated rings. The Morgan fingerprint density at radius 3 is 2.80 bits per heavy atom. The predicted molar refractivity (Wildman–Crippen MR) is 72.9 cm³/mol. The number of nitrogens with two attached hydrogens (primary N) is 1. The van der Waals surface area contributed by atoms with Crippen molar-refractivity contribution in [2.45, 2.75) is 4.90 Å². The lowest BCUT2D eigenvalue weighted by molar-refractivity contribution is 0.0596. The Hall–Kier alpha value is -2.20. The molecule has 0 saturated heterocycles. The Labute approximate surface area is 118 Å². The van der Waals surface area contributed by atoms with Crippen LogP contribution in [0.25, 0.3) is 0 Å². The molecule has 0 spiro atoms. The van der Waals surface area contributed by atoms with Crippen molar-refractivity contribution in [3.63, 3.8) is 0 Å². The van der Waals surface area contributed by atoms with Crippen molar-refractivity contribution in [1.82, 2.24) is 9.59 Å². The molecule has 0 atom stereocenters. The van der Waals surface area contributed by atoms with E-state index in [0.29, 0.717) is 0 Å². The van der Waals surface area contributed by atoms with E-state index in [-0.39, 0.29) is 21.1 Å². The van der Waals surface area contributed by atoms with E-state index < -0.39 is 16.0 Å². The first-order valence-corrected chi connectivity index (χ1v) is 7.47. The molecule has 2 aromatic rings. The minimum atomic E-state index is -3.96. The van der Waals surface area contributed by atoms with Gasteiger partial charge in [-0.2, -0.15) is 0 Å². The molecule has 0 radical (unpaired) electrons. The van der Waals surface area contributed by atoms with Gasteiger partial charge in [0.25, 0.3) is 10.0 Å². The molecule has 20 heavy (non-hydrogen) atoms. The molecule has 0 aliphatic rings. The number of nitrogen functional groups attached to an aromatic ring is 1. The van der Waals surface area contributed by atoms with Gasteiger partial charge in [-0.3, -0.25) is 4.72 Å². The summed E-state index contributed by atoms with van der Waals surface area (Å²) in [5.74, 6) is -0.792. The first-order chi connectivity index (χ1) is 9.44. The van der Waals surface area contributed by atoms with Crippen LogP contribution in [0.2, 0.25) is 0 Å². The molecule has 10 heteroatoms. The summed E-state index contributed by atoms with van der Waals surface area (Å²) in [6, 6.07) is 3.86. The quantitative estimate of drug-likeness (QED) is 0.629. The molecule has 2 rings (SSSR count). The third kappa shape index (κ3) is 2.86. The summed E-state index contributed by atoms with van der Waals surface area (Å²) >= 11 is 0.875. The molecule has 1 aromatic heterocycles.